The summed E-state index contributed by atoms with van der Waals surface area (Å²) >= 11 is 0. The minimum Gasteiger partial charge on any atom is -0.386 e. The maximum atomic E-state index is 11.6. The lowest BCUT2D eigenvalue weighted by Gasteiger charge is -2.16. The van der Waals surface area contributed by atoms with Gasteiger partial charge in [-0.3, -0.25) is 14.9 Å². The molecule has 20 heavy (non-hydrogen) atoms. The highest BCUT2D eigenvalue weighted by atomic mass is 16.6. The van der Waals surface area contributed by atoms with Crippen molar-refractivity contribution >= 4 is 5.69 Å². The van der Waals surface area contributed by atoms with Crippen molar-refractivity contribution in [3.05, 3.63) is 56.4 Å². The molecule has 0 saturated carbocycles. The molecule has 1 aromatic heterocycles. The molecular weight excluding hydrogens is 262 g/mol. The van der Waals surface area contributed by atoms with Crippen LogP contribution in [-0.4, -0.2) is 20.2 Å². The van der Waals surface area contributed by atoms with Crippen molar-refractivity contribution in [2.45, 2.75) is 19.4 Å². The number of nitrogens with zero attached hydrogens (tertiary/aromatic N) is 2. The van der Waals surface area contributed by atoms with Gasteiger partial charge in [0.15, 0.2) is 0 Å². The Balaban J connectivity index is 2.48. The van der Waals surface area contributed by atoms with Crippen LogP contribution < -0.4 is 5.56 Å². The Kier molecular flexibility index (Phi) is 3.37. The van der Waals surface area contributed by atoms with Gasteiger partial charge in [-0.25, -0.2) is 5.10 Å². The van der Waals surface area contributed by atoms with Crippen LogP contribution in [0.4, 0.5) is 5.69 Å². The number of non-ortho nitro benzene ring substituents is 1. The fraction of sp³-hybridized carbons (Fsp3) is 0.231. The van der Waals surface area contributed by atoms with Gasteiger partial charge in [0.2, 0.25) is 0 Å². The zero-order chi connectivity index (χ0) is 14.9. The van der Waals surface area contributed by atoms with E-state index in [0.29, 0.717) is 11.3 Å². The zero-order valence-electron chi connectivity index (χ0n) is 11.0. The third-order valence-electron chi connectivity index (χ3n) is 2.84. The molecule has 7 nitrogen and oxygen atoms in total. The van der Waals surface area contributed by atoms with Gasteiger partial charge in [-0.15, -0.1) is 0 Å². The first-order valence-electron chi connectivity index (χ1n) is 5.86. The fourth-order valence-electron chi connectivity index (χ4n) is 1.76. The minimum absolute atomic E-state index is 0.0270. The Morgan fingerprint density at radius 3 is 2.40 bits per heavy atom. The van der Waals surface area contributed by atoms with Crippen LogP contribution in [0.3, 0.4) is 0 Å². The SMILES string of the molecule is CC(C)(O)c1cc(-c2ccc([N+](=O)[O-])cc2)n[nH]c1=O. The van der Waals surface area contributed by atoms with Crippen molar-refractivity contribution in [3.63, 3.8) is 0 Å². The molecule has 0 aliphatic rings. The molecule has 0 aliphatic carbocycles. The maximum Gasteiger partial charge on any atom is 0.270 e. The van der Waals surface area contributed by atoms with Gasteiger partial charge < -0.3 is 5.11 Å². The van der Waals surface area contributed by atoms with E-state index in [0.717, 1.165) is 0 Å². The summed E-state index contributed by atoms with van der Waals surface area (Å²) in [6.07, 6.45) is 0. The lowest BCUT2D eigenvalue weighted by Crippen LogP contribution is -2.27. The first-order chi connectivity index (χ1) is 9.29. The predicted molar refractivity (Wildman–Crippen MR) is 72.2 cm³/mol. The Labute approximate surface area is 114 Å². The first kappa shape index (κ1) is 13.9. The van der Waals surface area contributed by atoms with Crippen LogP contribution in [0.2, 0.25) is 0 Å². The molecule has 0 atom stereocenters. The number of hydrogen-bond acceptors (Lipinski definition) is 5. The molecule has 0 unspecified atom stereocenters. The fourth-order valence-corrected chi connectivity index (χ4v) is 1.76. The summed E-state index contributed by atoms with van der Waals surface area (Å²) in [5.74, 6) is 0. The molecule has 0 bridgehead atoms. The van der Waals surface area contributed by atoms with Crippen molar-refractivity contribution in [2.24, 2.45) is 0 Å². The standard InChI is InChI=1S/C13H13N3O4/c1-13(2,18)10-7-11(14-15-12(10)17)8-3-5-9(6-4-8)16(19)20/h3-7,18H,1-2H3,(H,15,17). The first-order valence-corrected chi connectivity index (χ1v) is 5.86. The molecule has 1 aromatic carbocycles. The average Bonchev–Trinajstić information content (AvgIpc) is 2.38. The number of aliphatic hydroxyl groups is 1. The van der Waals surface area contributed by atoms with Gasteiger partial charge in [0.05, 0.1) is 21.8 Å². The minimum atomic E-state index is -1.30. The molecule has 0 radical (unpaired) electrons. The largest absolute Gasteiger partial charge is 0.386 e. The van der Waals surface area contributed by atoms with E-state index in [1.165, 1.54) is 44.2 Å². The highest BCUT2D eigenvalue weighted by molar-refractivity contribution is 5.61. The number of rotatable bonds is 3. The van der Waals surface area contributed by atoms with Crippen LogP contribution in [0.5, 0.6) is 0 Å². The number of hydrogen-bond donors (Lipinski definition) is 2. The van der Waals surface area contributed by atoms with E-state index in [1.54, 1.807) is 0 Å². The molecule has 0 aliphatic heterocycles. The molecule has 2 aromatic rings. The number of H-pyrrole nitrogens is 1. The third kappa shape index (κ3) is 2.72. The molecule has 0 saturated heterocycles. The number of nitro groups is 1. The van der Waals surface area contributed by atoms with Gasteiger partial charge >= 0.3 is 0 Å². The van der Waals surface area contributed by atoms with Crippen molar-refractivity contribution < 1.29 is 10.0 Å². The number of aromatic nitrogens is 2. The normalized spacial score (nSPS) is 11.3. The molecule has 7 heteroatoms. The van der Waals surface area contributed by atoms with Crippen molar-refractivity contribution in [1.29, 1.82) is 0 Å². The molecule has 2 N–H and O–H groups in total. The summed E-state index contributed by atoms with van der Waals surface area (Å²) in [4.78, 5) is 21.7. The molecule has 2 rings (SSSR count). The highest BCUT2D eigenvalue weighted by Gasteiger charge is 2.21. The smallest absolute Gasteiger partial charge is 0.270 e. The van der Waals surface area contributed by atoms with E-state index in [4.69, 9.17) is 0 Å². The second-order valence-corrected chi connectivity index (χ2v) is 4.86. The van der Waals surface area contributed by atoms with Gasteiger partial charge in [-0.1, -0.05) is 0 Å². The molecule has 1 heterocycles. The second kappa shape index (κ2) is 4.86. The quantitative estimate of drug-likeness (QED) is 0.652. The summed E-state index contributed by atoms with van der Waals surface area (Å²) in [6, 6.07) is 7.25. The maximum absolute atomic E-state index is 11.6. The third-order valence-corrected chi connectivity index (χ3v) is 2.84. The summed E-state index contributed by atoms with van der Waals surface area (Å²) < 4.78 is 0. The van der Waals surface area contributed by atoms with Crippen LogP contribution in [0, 0.1) is 10.1 Å². The number of aromatic amines is 1. The zero-order valence-corrected chi connectivity index (χ0v) is 11.0. The van der Waals surface area contributed by atoms with Crippen molar-refractivity contribution in [2.75, 3.05) is 0 Å². The van der Waals surface area contributed by atoms with Crippen molar-refractivity contribution in [1.82, 2.24) is 10.2 Å². The van der Waals surface area contributed by atoms with E-state index in [9.17, 15) is 20.0 Å². The van der Waals surface area contributed by atoms with E-state index in [-0.39, 0.29) is 11.3 Å². The predicted octanol–water partition coefficient (Wildman–Crippen LogP) is 1.57. The monoisotopic (exact) mass is 275 g/mol. The second-order valence-electron chi connectivity index (χ2n) is 4.86. The van der Waals surface area contributed by atoms with Crippen LogP contribution in [-0.2, 0) is 5.60 Å². The Hall–Kier alpha value is -2.54. The summed E-state index contributed by atoms with van der Waals surface area (Å²) in [6.45, 7) is 2.99. The Bertz CT molecular complexity index is 699. The number of benzene rings is 1. The van der Waals surface area contributed by atoms with Crippen LogP contribution in [0.1, 0.15) is 19.4 Å². The molecule has 0 spiro atoms. The van der Waals surface area contributed by atoms with E-state index < -0.39 is 16.1 Å². The van der Waals surface area contributed by atoms with E-state index in [1.807, 2.05) is 0 Å². The highest BCUT2D eigenvalue weighted by Crippen LogP contribution is 2.23. The molecule has 0 amide bonds. The van der Waals surface area contributed by atoms with Crippen LogP contribution >= 0.6 is 0 Å². The number of nitro benzene ring substituents is 1. The molecular formula is C13H13N3O4. The van der Waals surface area contributed by atoms with Gasteiger partial charge in [-0.05, 0) is 32.0 Å². The summed E-state index contributed by atoms with van der Waals surface area (Å²) in [5, 5.41) is 26.7. The van der Waals surface area contributed by atoms with Gasteiger partial charge in [0.25, 0.3) is 11.2 Å². The molecule has 0 fully saturated rings. The van der Waals surface area contributed by atoms with Gasteiger partial charge in [-0.2, -0.15) is 5.10 Å². The van der Waals surface area contributed by atoms with Gasteiger partial charge in [0, 0.05) is 17.7 Å². The van der Waals surface area contributed by atoms with E-state index >= 15 is 0 Å². The summed E-state index contributed by atoms with van der Waals surface area (Å²) in [5.41, 5.74) is -0.578. The van der Waals surface area contributed by atoms with Crippen LogP contribution in [0.25, 0.3) is 11.3 Å². The van der Waals surface area contributed by atoms with Crippen molar-refractivity contribution in [3.8, 4) is 11.3 Å². The van der Waals surface area contributed by atoms with E-state index in [2.05, 4.69) is 10.2 Å². The molecule has 104 valence electrons. The number of nitrogens with one attached hydrogen (secondary N) is 1. The van der Waals surface area contributed by atoms with Gasteiger partial charge in [0.1, 0.15) is 0 Å². The topological polar surface area (TPSA) is 109 Å². The Morgan fingerprint density at radius 2 is 1.90 bits per heavy atom. The lowest BCUT2D eigenvalue weighted by molar-refractivity contribution is -0.384. The summed E-state index contributed by atoms with van der Waals surface area (Å²) in [7, 11) is 0. The van der Waals surface area contributed by atoms with Crippen LogP contribution in [0.15, 0.2) is 35.1 Å². The lowest BCUT2D eigenvalue weighted by atomic mass is 9.98. The Morgan fingerprint density at radius 1 is 1.30 bits per heavy atom. The average molecular weight is 275 g/mol.